The zero-order valence-electron chi connectivity index (χ0n) is 9.56. The Kier molecular flexibility index (Phi) is 4.85. The molecule has 0 radical (unpaired) electrons. The summed E-state index contributed by atoms with van der Waals surface area (Å²) in [6.07, 6.45) is 0.963. The molecule has 1 aromatic rings. The molecule has 0 aliphatic rings. The SMILES string of the molecule is COC(=O)[C@@H](NCc1cnc(C)s1)[C@@H](C)O. The van der Waals surface area contributed by atoms with Crippen molar-refractivity contribution in [1.29, 1.82) is 0 Å². The van der Waals surface area contributed by atoms with Crippen molar-refractivity contribution >= 4 is 17.3 Å². The third kappa shape index (κ3) is 3.55. The molecular formula is C10H16N2O3S. The second kappa shape index (κ2) is 5.93. The smallest absolute Gasteiger partial charge is 0.325 e. The average Bonchev–Trinajstić information content (AvgIpc) is 2.63. The number of aromatic nitrogens is 1. The summed E-state index contributed by atoms with van der Waals surface area (Å²) in [5.41, 5.74) is 0. The molecule has 0 aliphatic heterocycles. The van der Waals surface area contributed by atoms with E-state index in [2.05, 4.69) is 15.0 Å². The van der Waals surface area contributed by atoms with Crippen molar-refractivity contribution in [2.45, 2.75) is 32.5 Å². The molecule has 5 nitrogen and oxygen atoms in total. The Morgan fingerprint density at radius 3 is 2.88 bits per heavy atom. The molecule has 16 heavy (non-hydrogen) atoms. The Hall–Kier alpha value is -0.980. The summed E-state index contributed by atoms with van der Waals surface area (Å²) >= 11 is 1.55. The van der Waals surface area contributed by atoms with Gasteiger partial charge in [0, 0.05) is 17.6 Å². The number of methoxy groups -OCH3 is 1. The van der Waals surface area contributed by atoms with Crippen LogP contribution in [-0.2, 0) is 16.1 Å². The maximum atomic E-state index is 11.3. The van der Waals surface area contributed by atoms with Crippen LogP contribution in [0.4, 0.5) is 0 Å². The third-order valence-electron chi connectivity index (χ3n) is 2.10. The Morgan fingerprint density at radius 2 is 2.44 bits per heavy atom. The molecule has 0 spiro atoms. The molecule has 6 heteroatoms. The molecule has 1 aromatic heterocycles. The molecule has 0 bridgehead atoms. The van der Waals surface area contributed by atoms with E-state index in [0.717, 1.165) is 9.88 Å². The predicted molar refractivity (Wildman–Crippen MR) is 61.2 cm³/mol. The number of carbonyl (C=O) groups excluding carboxylic acids is 1. The monoisotopic (exact) mass is 244 g/mol. The lowest BCUT2D eigenvalue weighted by atomic mass is 10.2. The summed E-state index contributed by atoms with van der Waals surface area (Å²) in [4.78, 5) is 16.4. The lowest BCUT2D eigenvalue weighted by molar-refractivity contribution is -0.145. The Morgan fingerprint density at radius 1 is 1.75 bits per heavy atom. The highest BCUT2D eigenvalue weighted by Crippen LogP contribution is 2.11. The molecule has 1 rings (SSSR count). The van der Waals surface area contributed by atoms with Gasteiger partial charge in [-0.05, 0) is 13.8 Å². The Balaban J connectivity index is 2.53. The normalized spacial score (nSPS) is 14.5. The lowest BCUT2D eigenvalue weighted by Gasteiger charge is -2.18. The second-order valence-corrected chi connectivity index (χ2v) is 4.79. The van der Waals surface area contributed by atoms with E-state index in [1.54, 1.807) is 24.5 Å². The second-order valence-electron chi connectivity index (χ2n) is 3.47. The van der Waals surface area contributed by atoms with Gasteiger partial charge >= 0.3 is 5.97 Å². The van der Waals surface area contributed by atoms with Crippen LogP contribution < -0.4 is 5.32 Å². The highest BCUT2D eigenvalue weighted by molar-refractivity contribution is 7.11. The van der Waals surface area contributed by atoms with Crippen molar-refractivity contribution in [2.24, 2.45) is 0 Å². The molecule has 90 valence electrons. The van der Waals surface area contributed by atoms with E-state index >= 15 is 0 Å². The molecule has 0 aliphatic carbocycles. The van der Waals surface area contributed by atoms with Crippen LogP contribution in [0.2, 0.25) is 0 Å². The minimum Gasteiger partial charge on any atom is -0.468 e. The van der Waals surface area contributed by atoms with Gasteiger partial charge in [-0.3, -0.25) is 10.1 Å². The first-order valence-corrected chi connectivity index (χ1v) is 5.77. The third-order valence-corrected chi connectivity index (χ3v) is 3.02. The number of rotatable bonds is 5. The van der Waals surface area contributed by atoms with Gasteiger partial charge in [0.2, 0.25) is 0 Å². The molecule has 2 N–H and O–H groups in total. The van der Waals surface area contributed by atoms with E-state index in [4.69, 9.17) is 0 Å². The van der Waals surface area contributed by atoms with E-state index < -0.39 is 18.1 Å². The highest BCUT2D eigenvalue weighted by Gasteiger charge is 2.23. The summed E-state index contributed by atoms with van der Waals surface area (Å²) in [5.74, 6) is -0.462. The quantitative estimate of drug-likeness (QED) is 0.736. The van der Waals surface area contributed by atoms with E-state index in [-0.39, 0.29) is 0 Å². The number of nitrogens with one attached hydrogen (secondary N) is 1. The maximum absolute atomic E-state index is 11.3. The minimum atomic E-state index is -0.790. The van der Waals surface area contributed by atoms with Crippen molar-refractivity contribution in [3.8, 4) is 0 Å². The predicted octanol–water partition coefficient (Wildman–Crippen LogP) is 0.464. The van der Waals surface area contributed by atoms with Crippen molar-refractivity contribution in [3.63, 3.8) is 0 Å². The fourth-order valence-electron chi connectivity index (χ4n) is 1.28. The fourth-order valence-corrected chi connectivity index (χ4v) is 2.02. The number of aliphatic hydroxyl groups is 1. The Bertz CT molecular complexity index is 352. The number of nitrogens with zero attached hydrogens (tertiary/aromatic N) is 1. The zero-order chi connectivity index (χ0) is 12.1. The Labute approximate surface area is 98.5 Å². The zero-order valence-corrected chi connectivity index (χ0v) is 10.4. The molecule has 0 saturated heterocycles. The summed E-state index contributed by atoms with van der Waals surface area (Å²) in [7, 11) is 1.30. The van der Waals surface area contributed by atoms with E-state index in [9.17, 15) is 9.90 Å². The van der Waals surface area contributed by atoms with Gasteiger partial charge in [0.15, 0.2) is 0 Å². The topological polar surface area (TPSA) is 71.5 Å². The summed E-state index contributed by atoms with van der Waals surface area (Å²) < 4.78 is 4.59. The van der Waals surface area contributed by atoms with Gasteiger partial charge < -0.3 is 9.84 Å². The molecule has 0 aromatic carbocycles. The number of thiazole rings is 1. The molecule has 2 atom stereocenters. The van der Waals surface area contributed by atoms with Gasteiger partial charge in [-0.2, -0.15) is 0 Å². The van der Waals surface area contributed by atoms with Crippen molar-refractivity contribution in [2.75, 3.05) is 7.11 Å². The van der Waals surface area contributed by atoms with Crippen LogP contribution in [0, 0.1) is 6.92 Å². The first kappa shape index (κ1) is 13.1. The minimum absolute atomic E-state index is 0.462. The summed E-state index contributed by atoms with van der Waals surface area (Å²) in [6.45, 7) is 3.96. The molecule has 0 unspecified atom stereocenters. The molecule has 1 heterocycles. The van der Waals surface area contributed by atoms with Crippen LogP contribution in [0.5, 0.6) is 0 Å². The first-order chi connectivity index (χ1) is 7.54. The van der Waals surface area contributed by atoms with E-state index in [1.807, 2.05) is 6.92 Å². The largest absolute Gasteiger partial charge is 0.468 e. The van der Waals surface area contributed by atoms with Crippen LogP contribution in [0.25, 0.3) is 0 Å². The van der Waals surface area contributed by atoms with Crippen molar-refractivity contribution in [1.82, 2.24) is 10.3 Å². The van der Waals surface area contributed by atoms with Gasteiger partial charge in [0.25, 0.3) is 0 Å². The molecule has 0 saturated carbocycles. The van der Waals surface area contributed by atoms with Gasteiger partial charge in [-0.25, -0.2) is 4.98 Å². The number of carbonyl (C=O) groups is 1. The standard InChI is InChI=1S/C10H16N2O3S/c1-6(13)9(10(14)15-3)12-5-8-4-11-7(2)16-8/h4,6,9,12-13H,5H2,1-3H3/t6-,9+/m1/s1. The van der Waals surface area contributed by atoms with Gasteiger partial charge in [0.05, 0.1) is 18.2 Å². The van der Waals surface area contributed by atoms with Crippen molar-refractivity contribution < 1.29 is 14.6 Å². The molecule has 0 amide bonds. The van der Waals surface area contributed by atoms with Gasteiger partial charge in [-0.1, -0.05) is 0 Å². The summed E-state index contributed by atoms with van der Waals surface area (Å²) in [5, 5.41) is 13.3. The van der Waals surface area contributed by atoms with Gasteiger partial charge in [0.1, 0.15) is 6.04 Å². The number of esters is 1. The van der Waals surface area contributed by atoms with Crippen LogP contribution in [0.15, 0.2) is 6.20 Å². The van der Waals surface area contributed by atoms with Crippen LogP contribution in [0.3, 0.4) is 0 Å². The lowest BCUT2D eigenvalue weighted by Crippen LogP contribution is -2.45. The first-order valence-electron chi connectivity index (χ1n) is 4.95. The van der Waals surface area contributed by atoms with Crippen LogP contribution in [0.1, 0.15) is 16.8 Å². The van der Waals surface area contributed by atoms with Crippen molar-refractivity contribution in [3.05, 3.63) is 16.1 Å². The molecular weight excluding hydrogens is 228 g/mol. The number of hydrogen-bond donors (Lipinski definition) is 2. The van der Waals surface area contributed by atoms with E-state index in [1.165, 1.54) is 7.11 Å². The highest BCUT2D eigenvalue weighted by atomic mass is 32.1. The van der Waals surface area contributed by atoms with Crippen LogP contribution in [-0.4, -0.2) is 35.3 Å². The number of hydrogen-bond acceptors (Lipinski definition) is 6. The average molecular weight is 244 g/mol. The number of ether oxygens (including phenoxy) is 1. The number of aliphatic hydroxyl groups excluding tert-OH is 1. The fraction of sp³-hybridized carbons (Fsp3) is 0.600. The molecule has 0 fully saturated rings. The number of aryl methyl sites for hydroxylation is 1. The maximum Gasteiger partial charge on any atom is 0.325 e. The summed E-state index contributed by atoms with van der Waals surface area (Å²) in [6, 6.07) is -0.701. The van der Waals surface area contributed by atoms with E-state index in [0.29, 0.717) is 6.54 Å². The van der Waals surface area contributed by atoms with Crippen LogP contribution >= 0.6 is 11.3 Å². The van der Waals surface area contributed by atoms with Gasteiger partial charge in [-0.15, -0.1) is 11.3 Å².